The number of carbonyl (C=O) groups excluding carboxylic acids is 1. The second-order valence-electron chi connectivity index (χ2n) is 3.65. The number of halogens is 3. The van der Waals surface area contributed by atoms with Crippen LogP contribution >= 0.6 is 0 Å². The molecule has 18 heavy (non-hydrogen) atoms. The minimum Gasteiger partial charge on any atom is -0.398 e. The van der Waals surface area contributed by atoms with Crippen LogP contribution in [0.3, 0.4) is 0 Å². The second-order valence-corrected chi connectivity index (χ2v) is 3.65. The van der Waals surface area contributed by atoms with Crippen LogP contribution in [0, 0.1) is 0 Å². The molecule has 0 radical (unpaired) electrons. The number of alkyl halides is 3. The van der Waals surface area contributed by atoms with Crippen LogP contribution in [-0.2, 0) is 11.0 Å². The van der Waals surface area contributed by atoms with Gasteiger partial charge in [-0.15, -0.1) is 0 Å². The largest absolute Gasteiger partial charge is 0.418 e. The summed E-state index contributed by atoms with van der Waals surface area (Å²) in [6.07, 6.45) is -4.30. The van der Waals surface area contributed by atoms with Gasteiger partial charge < -0.3 is 16.4 Å². The van der Waals surface area contributed by atoms with E-state index in [1.807, 2.05) is 0 Å². The number of amides is 1. The highest BCUT2D eigenvalue weighted by molar-refractivity contribution is 5.76. The minimum atomic E-state index is -4.48. The van der Waals surface area contributed by atoms with Gasteiger partial charge in [-0.25, -0.2) is 0 Å². The Balaban J connectivity index is 2.71. The van der Waals surface area contributed by atoms with E-state index < -0.39 is 11.7 Å². The fourth-order valence-electron chi connectivity index (χ4n) is 1.36. The highest BCUT2D eigenvalue weighted by atomic mass is 19.4. The number of anilines is 2. The fourth-order valence-corrected chi connectivity index (χ4v) is 1.36. The van der Waals surface area contributed by atoms with Gasteiger partial charge in [0.1, 0.15) is 0 Å². The van der Waals surface area contributed by atoms with Crippen LogP contribution in [-0.4, -0.2) is 19.5 Å². The Morgan fingerprint density at radius 3 is 2.61 bits per heavy atom. The average molecular weight is 261 g/mol. The summed E-state index contributed by atoms with van der Waals surface area (Å²) >= 11 is 0. The third kappa shape index (κ3) is 3.83. The van der Waals surface area contributed by atoms with E-state index in [-0.39, 0.29) is 30.2 Å². The maximum Gasteiger partial charge on any atom is 0.418 e. The van der Waals surface area contributed by atoms with Gasteiger partial charge in [0.25, 0.3) is 0 Å². The first-order valence-electron chi connectivity index (χ1n) is 5.25. The van der Waals surface area contributed by atoms with E-state index in [1.165, 1.54) is 19.2 Å². The Hall–Kier alpha value is -1.92. The molecular weight excluding hydrogens is 247 g/mol. The van der Waals surface area contributed by atoms with Crippen molar-refractivity contribution in [3.8, 4) is 0 Å². The Labute approximate surface area is 102 Å². The topological polar surface area (TPSA) is 67.2 Å². The van der Waals surface area contributed by atoms with Crippen molar-refractivity contribution < 1.29 is 18.0 Å². The molecule has 7 heteroatoms. The summed E-state index contributed by atoms with van der Waals surface area (Å²) in [5.74, 6) is -0.186. The van der Waals surface area contributed by atoms with Crippen molar-refractivity contribution in [3.05, 3.63) is 23.8 Å². The van der Waals surface area contributed by atoms with Crippen molar-refractivity contribution >= 4 is 17.3 Å². The molecule has 0 aromatic heterocycles. The van der Waals surface area contributed by atoms with Crippen LogP contribution in [0.1, 0.15) is 12.0 Å². The van der Waals surface area contributed by atoms with E-state index >= 15 is 0 Å². The van der Waals surface area contributed by atoms with Crippen LogP contribution in [0.4, 0.5) is 24.5 Å². The smallest absolute Gasteiger partial charge is 0.398 e. The summed E-state index contributed by atoms with van der Waals surface area (Å²) in [6.45, 7) is 0.251. The van der Waals surface area contributed by atoms with Crippen molar-refractivity contribution in [2.24, 2.45) is 0 Å². The summed E-state index contributed by atoms with van der Waals surface area (Å²) in [6, 6.07) is 3.55. The van der Waals surface area contributed by atoms with E-state index in [0.29, 0.717) is 0 Å². The lowest BCUT2D eigenvalue weighted by atomic mass is 10.1. The molecule has 1 rings (SSSR count). The monoisotopic (exact) mass is 261 g/mol. The first-order valence-corrected chi connectivity index (χ1v) is 5.25. The van der Waals surface area contributed by atoms with Crippen LogP contribution in [0.25, 0.3) is 0 Å². The van der Waals surface area contributed by atoms with E-state index in [1.54, 1.807) is 0 Å². The highest BCUT2D eigenvalue weighted by Gasteiger charge is 2.33. The zero-order valence-electron chi connectivity index (χ0n) is 9.77. The summed E-state index contributed by atoms with van der Waals surface area (Å²) < 4.78 is 37.7. The SMILES string of the molecule is CNC(=O)CCNc1ccc(N)c(C(F)(F)F)c1. The van der Waals surface area contributed by atoms with Gasteiger partial charge in [-0.05, 0) is 18.2 Å². The van der Waals surface area contributed by atoms with E-state index in [0.717, 1.165) is 6.07 Å². The number of nitrogens with one attached hydrogen (secondary N) is 2. The predicted molar refractivity (Wildman–Crippen MR) is 63.0 cm³/mol. The Morgan fingerprint density at radius 1 is 1.39 bits per heavy atom. The molecule has 4 N–H and O–H groups in total. The molecule has 1 amide bonds. The number of nitrogen functional groups attached to an aromatic ring is 1. The summed E-state index contributed by atoms with van der Waals surface area (Å²) in [5.41, 5.74) is 4.34. The number of hydrogen-bond acceptors (Lipinski definition) is 3. The molecule has 0 spiro atoms. The summed E-state index contributed by atoms with van der Waals surface area (Å²) in [7, 11) is 1.49. The van der Waals surface area contributed by atoms with Gasteiger partial charge in [0.15, 0.2) is 0 Å². The van der Waals surface area contributed by atoms with E-state index in [4.69, 9.17) is 5.73 Å². The molecule has 0 saturated heterocycles. The number of benzene rings is 1. The first kappa shape index (κ1) is 14.1. The molecule has 0 fully saturated rings. The zero-order chi connectivity index (χ0) is 13.8. The lowest BCUT2D eigenvalue weighted by Gasteiger charge is -2.12. The van der Waals surface area contributed by atoms with Gasteiger partial charge in [0.2, 0.25) is 5.91 Å². The van der Waals surface area contributed by atoms with Crippen molar-refractivity contribution in [2.75, 3.05) is 24.6 Å². The maximum absolute atomic E-state index is 12.6. The van der Waals surface area contributed by atoms with Gasteiger partial charge in [-0.1, -0.05) is 0 Å². The molecular formula is C11H14F3N3O. The molecule has 1 aromatic rings. The molecule has 0 aliphatic heterocycles. The van der Waals surface area contributed by atoms with Gasteiger partial charge in [-0.2, -0.15) is 13.2 Å². The molecule has 0 saturated carbocycles. The van der Waals surface area contributed by atoms with E-state index in [9.17, 15) is 18.0 Å². The van der Waals surface area contributed by atoms with Gasteiger partial charge >= 0.3 is 6.18 Å². The standard InChI is InChI=1S/C11H14F3N3O/c1-16-10(18)4-5-17-7-2-3-9(15)8(6-7)11(12,13)14/h2-3,6,17H,4-5,15H2,1H3,(H,16,18). The fraction of sp³-hybridized carbons (Fsp3) is 0.364. The van der Waals surface area contributed by atoms with Crippen molar-refractivity contribution in [2.45, 2.75) is 12.6 Å². The molecule has 100 valence electrons. The number of hydrogen-bond donors (Lipinski definition) is 3. The Kier molecular flexibility index (Phi) is 4.41. The van der Waals surface area contributed by atoms with E-state index in [2.05, 4.69) is 10.6 Å². The summed E-state index contributed by atoms with van der Waals surface area (Å²) in [4.78, 5) is 10.9. The lowest BCUT2D eigenvalue weighted by molar-refractivity contribution is -0.136. The van der Waals surface area contributed by atoms with Crippen LogP contribution in [0.2, 0.25) is 0 Å². The van der Waals surface area contributed by atoms with Crippen molar-refractivity contribution in [3.63, 3.8) is 0 Å². The molecule has 1 aromatic carbocycles. The third-order valence-corrected chi connectivity index (χ3v) is 2.32. The molecule has 0 bridgehead atoms. The van der Waals surface area contributed by atoms with Gasteiger partial charge in [0.05, 0.1) is 5.56 Å². The molecule has 0 heterocycles. The maximum atomic E-state index is 12.6. The predicted octanol–water partition coefficient (Wildman–Crippen LogP) is 1.84. The molecule has 0 aliphatic carbocycles. The number of nitrogens with two attached hydrogens (primary N) is 1. The minimum absolute atomic E-state index is 0.183. The second kappa shape index (κ2) is 5.61. The molecule has 4 nitrogen and oxygen atoms in total. The third-order valence-electron chi connectivity index (χ3n) is 2.32. The first-order chi connectivity index (χ1) is 8.34. The van der Waals surface area contributed by atoms with Crippen LogP contribution in [0.15, 0.2) is 18.2 Å². The molecule has 0 atom stereocenters. The Bertz CT molecular complexity index is 432. The van der Waals surface area contributed by atoms with Crippen molar-refractivity contribution in [1.82, 2.24) is 5.32 Å². The average Bonchev–Trinajstić information content (AvgIpc) is 2.29. The normalized spacial score (nSPS) is 11.1. The van der Waals surface area contributed by atoms with Gasteiger partial charge in [0, 0.05) is 31.4 Å². The zero-order valence-corrected chi connectivity index (χ0v) is 9.77. The van der Waals surface area contributed by atoms with Crippen LogP contribution < -0.4 is 16.4 Å². The van der Waals surface area contributed by atoms with Crippen LogP contribution in [0.5, 0.6) is 0 Å². The quantitative estimate of drug-likeness (QED) is 0.724. The van der Waals surface area contributed by atoms with Gasteiger partial charge in [-0.3, -0.25) is 4.79 Å². The number of rotatable bonds is 4. The highest BCUT2D eigenvalue weighted by Crippen LogP contribution is 2.35. The Morgan fingerprint density at radius 2 is 2.06 bits per heavy atom. The number of carbonyl (C=O) groups is 1. The molecule has 0 aliphatic rings. The van der Waals surface area contributed by atoms with Crippen molar-refractivity contribution in [1.29, 1.82) is 0 Å². The lowest BCUT2D eigenvalue weighted by Crippen LogP contribution is -2.21. The molecule has 0 unspecified atom stereocenters. The summed E-state index contributed by atoms with van der Waals surface area (Å²) in [5, 5.41) is 5.15.